The average Bonchev–Trinajstić information content (AvgIpc) is 2.20. The Labute approximate surface area is 108 Å². The van der Waals surface area contributed by atoms with Crippen LogP contribution in [0, 0.1) is 5.92 Å². The second-order valence-electron chi connectivity index (χ2n) is 4.45. The maximum atomic E-state index is 12.5. The second kappa shape index (κ2) is 5.34. The van der Waals surface area contributed by atoms with Gasteiger partial charge in [-0.05, 0) is 18.4 Å². The Morgan fingerprint density at radius 2 is 2.06 bits per heavy atom. The van der Waals surface area contributed by atoms with E-state index in [2.05, 4.69) is 4.98 Å². The standard InChI is InChI=1S/C12H13ClF3NO/c13-10-6-9(12(14,15)16)7-11(17-10)18-5-4-8-2-1-3-8/h6-8H,1-5H2. The average molecular weight is 280 g/mol. The molecule has 0 aliphatic heterocycles. The summed E-state index contributed by atoms with van der Waals surface area (Å²) in [6.07, 6.45) is 0.0206. The van der Waals surface area contributed by atoms with Crippen molar-refractivity contribution < 1.29 is 17.9 Å². The van der Waals surface area contributed by atoms with Gasteiger partial charge in [-0.2, -0.15) is 13.2 Å². The van der Waals surface area contributed by atoms with E-state index in [0.29, 0.717) is 12.5 Å². The molecule has 1 aliphatic carbocycles. The zero-order valence-corrected chi connectivity index (χ0v) is 10.4. The lowest BCUT2D eigenvalue weighted by atomic mass is 9.83. The van der Waals surface area contributed by atoms with Crippen molar-refractivity contribution >= 4 is 11.6 Å². The predicted octanol–water partition coefficient (Wildman–Crippen LogP) is 4.32. The monoisotopic (exact) mass is 279 g/mol. The van der Waals surface area contributed by atoms with Crippen LogP contribution in [0.15, 0.2) is 12.1 Å². The zero-order chi connectivity index (χ0) is 13.2. The molecule has 2 rings (SSSR count). The van der Waals surface area contributed by atoms with E-state index in [0.717, 1.165) is 18.6 Å². The Morgan fingerprint density at radius 3 is 2.61 bits per heavy atom. The Hall–Kier alpha value is -0.970. The summed E-state index contributed by atoms with van der Waals surface area (Å²) in [5, 5.41) is -0.205. The molecule has 1 saturated carbocycles. The van der Waals surface area contributed by atoms with Gasteiger partial charge in [0.05, 0.1) is 12.2 Å². The summed E-state index contributed by atoms with van der Waals surface area (Å²) in [6, 6.07) is 1.67. The molecule has 0 unspecified atom stereocenters. The SMILES string of the molecule is FC(F)(F)c1cc(Cl)nc(OCCC2CCC2)c1. The molecule has 1 aliphatic rings. The van der Waals surface area contributed by atoms with Gasteiger partial charge in [-0.3, -0.25) is 0 Å². The number of hydrogen-bond acceptors (Lipinski definition) is 2. The molecule has 2 nitrogen and oxygen atoms in total. The van der Waals surface area contributed by atoms with Gasteiger partial charge >= 0.3 is 6.18 Å². The van der Waals surface area contributed by atoms with Crippen LogP contribution in [-0.4, -0.2) is 11.6 Å². The van der Waals surface area contributed by atoms with Crippen LogP contribution in [-0.2, 0) is 6.18 Å². The van der Waals surface area contributed by atoms with Crippen molar-refractivity contribution in [2.24, 2.45) is 5.92 Å². The number of ether oxygens (including phenoxy) is 1. The first-order valence-electron chi connectivity index (χ1n) is 5.83. The van der Waals surface area contributed by atoms with Crippen LogP contribution in [0.25, 0.3) is 0 Å². The van der Waals surface area contributed by atoms with E-state index in [1.807, 2.05) is 0 Å². The van der Waals surface area contributed by atoms with Gasteiger partial charge < -0.3 is 4.74 Å². The first-order chi connectivity index (χ1) is 8.45. The van der Waals surface area contributed by atoms with E-state index in [-0.39, 0.29) is 11.0 Å². The number of rotatable bonds is 4. The normalized spacial score (nSPS) is 16.4. The molecule has 1 aromatic heterocycles. The molecule has 0 aromatic carbocycles. The molecular weight excluding hydrogens is 267 g/mol. The topological polar surface area (TPSA) is 22.1 Å². The molecule has 6 heteroatoms. The summed E-state index contributed by atoms with van der Waals surface area (Å²) in [5.74, 6) is 0.584. The summed E-state index contributed by atoms with van der Waals surface area (Å²) >= 11 is 5.54. The maximum Gasteiger partial charge on any atom is 0.416 e. The fourth-order valence-corrected chi connectivity index (χ4v) is 2.02. The molecule has 0 N–H and O–H groups in total. The fraction of sp³-hybridized carbons (Fsp3) is 0.583. The molecule has 100 valence electrons. The summed E-state index contributed by atoms with van der Waals surface area (Å²) in [5.41, 5.74) is -0.832. The van der Waals surface area contributed by atoms with E-state index >= 15 is 0 Å². The summed E-state index contributed by atoms with van der Waals surface area (Å²) in [7, 11) is 0. The molecule has 0 bridgehead atoms. The zero-order valence-electron chi connectivity index (χ0n) is 9.63. The van der Waals surface area contributed by atoms with Crippen molar-refractivity contribution in [1.82, 2.24) is 4.98 Å². The van der Waals surface area contributed by atoms with E-state index in [1.54, 1.807) is 0 Å². The van der Waals surface area contributed by atoms with Crippen LogP contribution in [0.3, 0.4) is 0 Å². The first kappa shape index (κ1) is 13.5. The van der Waals surface area contributed by atoms with E-state index < -0.39 is 11.7 Å². The number of nitrogens with zero attached hydrogens (tertiary/aromatic N) is 1. The molecule has 1 heterocycles. The van der Waals surface area contributed by atoms with Crippen molar-refractivity contribution in [3.63, 3.8) is 0 Å². The molecular formula is C12H13ClF3NO. The van der Waals surface area contributed by atoms with Crippen LogP contribution >= 0.6 is 11.6 Å². The van der Waals surface area contributed by atoms with Crippen molar-refractivity contribution in [3.8, 4) is 5.88 Å². The molecule has 0 atom stereocenters. The quantitative estimate of drug-likeness (QED) is 0.766. The number of alkyl halides is 3. The Kier molecular flexibility index (Phi) is 4.00. The summed E-state index contributed by atoms with van der Waals surface area (Å²) < 4.78 is 42.8. The first-order valence-corrected chi connectivity index (χ1v) is 6.20. The van der Waals surface area contributed by atoms with Gasteiger partial charge in [-0.15, -0.1) is 0 Å². The minimum absolute atomic E-state index is 0.0610. The summed E-state index contributed by atoms with van der Waals surface area (Å²) in [4.78, 5) is 3.73. The van der Waals surface area contributed by atoms with Gasteiger partial charge in [-0.25, -0.2) is 4.98 Å². The molecule has 0 amide bonds. The Balaban J connectivity index is 1.96. The van der Waals surface area contributed by atoms with Crippen LogP contribution in [0.5, 0.6) is 5.88 Å². The minimum atomic E-state index is -4.43. The predicted molar refractivity (Wildman–Crippen MR) is 61.7 cm³/mol. The van der Waals surface area contributed by atoms with Gasteiger partial charge in [0.25, 0.3) is 0 Å². The summed E-state index contributed by atoms with van der Waals surface area (Å²) in [6.45, 7) is 0.384. The lowest BCUT2D eigenvalue weighted by Crippen LogP contribution is -2.15. The van der Waals surface area contributed by atoms with Gasteiger partial charge in [-0.1, -0.05) is 30.9 Å². The third-order valence-electron chi connectivity index (χ3n) is 3.10. The molecule has 1 aromatic rings. The van der Waals surface area contributed by atoms with Crippen LogP contribution < -0.4 is 4.74 Å². The molecule has 0 saturated heterocycles. The van der Waals surface area contributed by atoms with Crippen LogP contribution in [0.4, 0.5) is 13.2 Å². The molecule has 1 fully saturated rings. The number of halogens is 4. The second-order valence-corrected chi connectivity index (χ2v) is 4.84. The van der Waals surface area contributed by atoms with Crippen molar-refractivity contribution in [1.29, 1.82) is 0 Å². The van der Waals surface area contributed by atoms with Crippen molar-refractivity contribution in [2.75, 3.05) is 6.61 Å². The van der Waals surface area contributed by atoms with Crippen molar-refractivity contribution in [2.45, 2.75) is 31.9 Å². The van der Waals surface area contributed by atoms with E-state index in [1.165, 1.54) is 19.3 Å². The van der Waals surface area contributed by atoms with E-state index in [9.17, 15) is 13.2 Å². The van der Waals surface area contributed by atoms with Gasteiger partial charge in [0.15, 0.2) is 0 Å². The highest BCUT2D eigenvalue weighted by atomic mass is 35.5. The molecule has 0 radical (unpaired) electrons. The third kappa shape index (κ3) is 3.51. The highest BCUT2D eigenvalue weighted by Gasteiger charge is 2.31. The smallest absolute Gasteiger partial charge is 0.416 e. The van der Waals surface area contributed by atoms with Crippen LogP contribution in [0.1, 0.15) is 31.2 Å². The van der Waals surface area contributed by atoms with Gasteiger partial charge in [0.1, 0.15) is 5.15 Å². The highest BCUT2D eigenvalue weighted by Crippen LogP contribution is 2.33. The highest BCUT2D eigenvalue weighted by molar-refractivity contribution is 6.29. The fourth-order valence-electron chi connectivity index (χ4n) is 1.82. The largest absolute Gasteiger partial charge is 0.478 e. The van der Waals surface area contributed by atoms with Gasteiger partial charge in [0, 0.05) is 6.07 Å². The Bertz CT molecular complexity index is 418. The lowest BCUT2D eigenvalue weighted by Gasteiger charge is -2.24. The Morgan fingerprint density at radius 1 is 1.33 bits per heavy atom. The number of aromatic nitrogens is 1. The van der Waals surface area contributed by atoms with E-state index in [4.69, 9.17) is 16.3 Å². The number of pyridine rings is 1. The van der Waals surface area contributed by atoms with Gasteiger partial charge in [0.2, 0.25) is 5.88 Å². The van der Waals surface area contributed by atoms with Crippen LogP contribution in [0.2, 0.25) is 5.15 Å². The molecule has 18 heavy (non-hydrogen) atoms. The minimum Gasteiger partial charge on any atom is -0.478 e. The lowest BCUT2D eigenvalue weighted by molar-refractivity contribution is -0.137. The molecule has 0 spiro atoms. The maximum absolute atomic E-state index is 12.5. The van der Waals surface area contributed by atoms with Crippen molar-refractivity contribution in [3.05, 3.63) is 22.8 Å². The third-order valence-corrected chi connectivity index (χ3v) is 3.29. The number of hydrogen-bond donors (Lipinski definition) is 0.